The number of benzene rings is 1. The molecule has 0 bridgehead atoms. The summed E-state index contributed by atoms with van der Waals surface area (Å²) in [5, 5.41) is 10.6. The summed E-state index contributed by atoms with van der Waals surface area (Å²) in [6, 6.07) is 2.97. The number of hydrogen-bond acceptors (Lipinski definition) is 3. The molecule has 0 atom stereocenters. The van der Waals surface area contributed by atoms with Crippen LogP contribution in [0.15, 0.2) is 18.2 Å². The van der Waals surface area contributed by atoms with E-state index in [0.29, 0.717) is 5.56 Å². The number of nitro benzene ring substituents is 1. The van der Waals surface area contributed by atoms with Gasteiger partial charge in [-0.25, -0.2) is 0 Å². The van der Waals surface area contributed by atoms with E-state index in [1.807, 2.05) is 0 Å². The van der Waals surface area contributed by atoms with Crippen LogP contribution in [0.25, 0.3) is 0 Å². The van der Waals surface area contributed by atoms with Crippen LogP contribution in [0.2, 0.25) is 0 Å². The van der Waals surface area contributed by atoms with Crippen molar-refractivity contribution < 1.29 is 22.8 Å². The summed E-state index contributed by atoms with van der Waals surface area (Å²) in [5.74, 6) is -0.601. The molecule has 0 aliphatic rings. The summed E-state index contributed by atoms with van der Waals surface area (Å²) in [5.41, 5.74) is -0.121. The fourth-order valence-corrected chi connectivity index (χ4v) is 1.34. The van der Waals surface area contributed by atoms with Gasteiger partial charge in [-0.15, -0.1) is 13.2 Å². The Morgan fingerprint density at radius 1 is 1.38 bits per heavy atom. The molecule has 1 aromatic rings. The molecule has 0 saturated heterocycles. The van der Waals surface area contributed by atoms with E-state index in [1.165, 1.54) is 0 Å². The van der Waals surface area contributed by atoms with Crippen LogP contribution in [-0.2, 0) is 5.33 Å². The monoisotopic (exact) mass is 299 g/mol. The summed E-state index contributed by atoms with van der Waals surface area (Å²) < 4.78 is 39.3. The van der Waals surface area contributed by atoms with Crippen molar-refractivity contribution in [1.82, 2.24) is 0 Å². The number of nitrogens with zero attached hydrogens (tertiary/aromatic N) is 1. The summed E-state index contributed by atoms with van der Waals surface area (Å²) in [7, 11) is 0. The second-order valence-corrected chi connectivity index (χ2v) is 3.33. The maximum Gasteiger partial charge on any atom is 0.573 e. The molecule has 0 aromatic heterocycles. The van der Waals surface area contributed by atoms with Gasteiger partial charge in [0.15, 0.2) is 0 Å². The van der Waals surface area contributed by atoms with Crippen molar-refractivity contribution in [2.45, 2.75) is 11.7 Å². The zero-order valence-electron chi connectivity index (χ0n) is 7.62. The molecule has 0 radical (unpaired) electrons. The summed E-state index contributed by atoms with van der Waals surface area (Å²) >= 11 is 3.00. The van der Waals surface area contributed by atoms with Crippen molar-refractivity contribution in [3.05, 3.63) is 33.9 Å². The third kappa shape index (κ3) is 3.69. The van der Waals surface area contributed by atoms with Gasteiger partial charge in [0, 0.05) is 11.4 Å². The third-order valence-electron chi connectivity index (χ3n) is 1.55. The summed E-state index contributed by atoms with van der Waals surface area (Å²) in [4.78, 5) is 9.66. The van der Waals surface area contributed by atoms with Gasteiger partial charge in [0.1, 0.15) is 5.75 Å². The minimum Gasteiger partial charge on any atom is -0.406 e. The van der Waals surface area contributed by atoms with E-state index in [-0.39, 0.29) is 5.33 Å². The van der Waals surface area contributed by atoms with E-state index in [9.17, 15) is 23.3 Å². The zero-order chi connectivity index (χ0) is 12.3. The first kappa shape index (κ1) is 12.8. The predicted molar refractivity (Wildman–Crippen MR) is 52.4 cm³/mol. The van der Waals surface area contributed by atoms with Crippen LogP contribution in [0.1, 0.15) is 5.56 Å². The topological polar surface area (TPSA) is 52.4 Å². The second-order valence-electron chi connectivity index (χ2n) is 2.77. The van der Waals surface area contributed by atoms with Gasteiger partial charge in [0.25, 0.3) is 5.69 Å². The van der Waals surface area contributed by atoms with E-state index in [1.54, 1.807) is 0 Å². The van der Waals surface area contributed by atoms with Crippen molar-refractivity contribution in [1.29, 1.82) is 0 Å². The zero-order valence-corrected chi connectivity index (χ0v) is 9.21. The number of hydrogen-bond donors (Lipinski definition) is 0. The average molecular weight is 300 g/mol. The molecular formula is C8H5BrF3NO3. The minimum atomic E-state index is -4.86. The molecular weight excluding hydrogens is 295 g/mol. The first-order chi connectivity index (χ1) is 7.31. The van der Waals surface area contributed by atoms with Crippen molar-refractivity contribution in [3.63, 3.8) is 0 Å². The van der Waals surface area contributed by atoms with Crippen LogP contribution >= 0.6 is 15.9 Å². The van der Waals surface area contributed by atoms with Gasteiger partial charge in [-0.05, 0) is 11.6 Å². The first-order valence-electron chi connectivity index (χ1n) is 3.92. The Bertz CT molecular complexity index is 408. The lowest BCUT2D eigenvalue weighted by molar-refractivity contribution is -0.385. The van der Waals surface area contributed by atoms with Gasteiger partial charge >= 0.3 is 6.36 Å². The molecule has 0 amide bonds. The fraction of sp³-hybridized carbons (Fsp3) is 0.250. The highest BCUT2D eigenvalue weighted by molar-refractivity contribution is 9.08. The van der Waals surface area contributed by atoms with Crippen LogP contribution in [0.4, 0.5) is 18.9 Å². The predicted octanol–water partition coefficient (Wildman–Crippen LogP) is 3.39. The lowest BCUT2D eigenvalue weighted by atomic mass is 10.2. The largest absolute Gasteiger partial charge is 0.573 e. The molecule has 8 heteroatoms. The van der Waals surface area contributed by atoms with E-state index >= 15 is 0 Å². The Labute approximate surface area is 96.3 Å². The van der Waals surface area contributed by atoms with Gasteiger partial charge in [-0.1, -0.05) is 15.9 Å². The number of rotatable bonds is 3. The highest BCUT2D eigenvalue weighted by Gasteiger charge is 2.31. The molecule has 0 aliphatic carbocycles. The Kier molecular flexibility index (Phi) is 3.74. The maximum atomic E-state index is 11.9. The molecule has 0 heterocycles. The Morgan fingerprint density at radius 2 is 2.00 bits per heavy atom. The van der Waals surface area contributed by atoms with Gasteiger partial charge in [0.2, 0.25) is 0 Å². The molecule has 0 saturated carbocycles. The number of nitro groups is 1. The van der Waals surface area contributed by atoms with E-state index in [4.69, 9.17) is 0 Å². The number of alkyl halides is 4. The van der Waals surface area contributed by atoms with Crippen LogP contribution in [0.3, 0.4) is 0 Å². The average Bonchev–Trinajstić information content (AvgIpc) is 2.14. The SMILES string of the molecule is O=[N+]([O-])c1cc(CBr)cc(OC(F)(F)F)c1. The minimum absolute atomic E-state index is 0.197. The number of halogens is 4. The summed E-state index contributed by atoms with van der Waals surface area (Å²) in [6.45, 7) is 0. The standard InChI is InChI=1S/C8H5BrF3NO3/c9-4-5-1-6(13(14)15)3-7(2-5)16-8(10,11)12/h1-3H,4H2. The number of non-ortho nitro benzene ring substituents is 1. The maximum absolute atomic E-state index is 11.9. The molecule has 0 aliphatic heterocycles. The third-order valence-corrected chi connectivity index (χ3v) is 2.20. The second kappa shape index (κ2) is 4.69. The quantitative estimate of drug-likeness (QED) is 0.488. The fourth-order valence-electron chi connectivity index (χ4n) is 1.02. The van der Waals surface area contributed by atoms with Crippen LogP contribution < -0.4 is 4.74 Å². The summed E-state index contributed by atoms with van der Waals surface area (Å²) in [6.07, 6.45) is -4.86. The van der Waals surface area contributed by atoms with Crippen LogP contribution in [-0.4, -0.2) is 11.3 Å². The van der Waals surface area contributed by atoms with Crippen LogP contribution in [0.5, 0.6) is 5.75 Å². The van der Waals surface area contributed by atoms with Gasteiger partial charge in [0.05, 0.1) is 11.0 Å². The van der Waals surface area contributed by atoms with E-state index in [2.05, 4.69) is 20.7 Å². The smallest absolute Gasteiger partial charge is 0.406 e. The van der Waals surface area contributed by atoms with Crippen molar-refractivity contribution >= 4 is 21.6 Å². The number of ether oxygens (including phenoxy) is 1. The van der Waals surface area contributed by atoms with E-state index < -0.39 is 22.7 Å². The molecule has 0 fully saturated rings. The van der Waals surface area contributed by atoms with Gasteiger partial charge in [-0.3, -0.25) is 10.1 Å². The molecule has 88 valence electrons. The van der Waals surface area contributed by atoms with E-state index in [0.717, 1.165) is 18.2 Å². The molecule has 4 nitrogen and oxygen atoms in total. The lowest BCUT2D eigenvalue weighted by Crippen LogP contribution is -2.17. The Morgan fingerprint density at radius 3 is 2.44 bits per heavy atom. The molecule has 1 aromatic carbocycles. The molecule has 0 spiro atoms. The molecule has 0 unspecified atom stereocenters. The lowest BCUT2D eigenvalue weighted by Gasteiger charge is -2.09. The first-order valence-corrected chi connectivity index (χ1v) is 5.04. The normalized spacial score (nSPS) is 11.2. The van der Waals surface area contributed by atoms with Gasteiger partial charge < -0.3 is 4.74 Å². The van der Waals surface area contributed by atoms with Crippen molar-refractivity contribution in [2.75, 3.05) is 0 Å². The molecule has 16 heavy (non-hydrogen) atoms. The highest BCUT2D eigenvalue weighted by Crippen LogP contribution is 2.28. The van der Waals surface area contributed by atoms with Crippen molar-refractivity contribution in [2.24, 2.45) is 0 Å². The highest BCUT2D eigenvalue weighted by atomic mass is 79.9. The Hall–Kier alpha value is -1.31. The van der Waals surface area contributed by atoms with Crippen molar-refractivity contribution in [3.8, 4) is 5.75 Å². The van der Waals surface area contributed by atoms with Gasteiger partial charge in [-0.2, -0.15) is 0 Å². The molecule has 1 rings (SSSR count). The molecule has 0 N–H and O–H groups in total. The van der Waals surface area contributed by atoms with Crippen LogP contribution in [0, 0.1) is 10.1 Å². The Balaban J connectivity index is 3.09.